The minimum absolute atomic E-state index is 0.134. The van der Waals surface area contributed by atoms with Crippen LogP contribution in [0.4, 0.5) is 0 Å². The van der Waals surface area contributed by atoms with Gasteiger partial charge in [0.15, 0.2) is 11.1 Å². The second-order valence-electron chi connectivity index (χ2n) is 2.47. The Morgan fingerprint density at radius 1 is 1.46 bits per heavy atom. The van der Waals surface area contributed by atoms with E-state index in [1.165, 1.54) is 12.1 Å². The molecule has 5 heteroatoms. The quantitative estimate of drug-likeness (QED) is 0.711. The van der Waals surface area contributed by atoms with E-state index in [0.29, 0.717) is 5.56 Å². The van der Waals surface area contributed by atoms with Gasteiger partial charge in [-0.25, -0.2) is 4.21 Å². The van der Waals surface area contributed by atoms with Crippen LogP contribution in [0.15, 0.2) is 29.2 Å². The summed E-state index contributed by atoms with van der Waals surface area (Å²) in [6, 6.07) is 6.04. The molecule has 1 unspecified atom stereocenters. The molecular weight excluding hydrogens is 192 g/mol. The number of benzene rings is 1. The van der Waals surface area contributed by atoms with Crippen molar-refractivity contribution in [2.45, 2.75) is 11.3 Å². The fraction of sp³-hybridized carbons (Fsp3) is 0.125. The first kappa shape index (κ1) is 9.88. The summed E-state index contributed by atoms with van der Waals surface area (Å²) in [5.41, 5.74) is 0.521. The smallest absolute Gasteiger partial charge is 0.307 e. The lowest BCUT2D eigenvalue weighted by Gasteiger charge is -1.98. The van der Waals surface area contributed by atoms with Gasteiger partial charge in [0.25, 0.3) is 0 Å². The molecule has 2 N–H and O–H groups in total. The van der Waals surface area contributed by atoms with Crippen LogP contribution < -0.4 is 0 Å². The van der Waals surface area contributed by atoms with Crippen LogP contribution in [0.1, 0.15) is 5.56 Å². The minimum atomic E-state index is -2.05. The normalized spacial score (nSPS) is 12.4. The Bertz CT molecular complexity index is 348. The molecule has 0 aliphatic heterocycles. The van der Waals surface area contributed by atoms with Crippen LogP contribution in [-0.2, 0) is 22.3 Å². The molecule has 0 aliphatic rings. The molecule has 0 bridgehead atoms. The van der Waals surface area contributed by atoms with E-state index in [1.54, 1.807) is 12.1 Å². The zero-order chi connectivity index (χ0) is 9.84. The molecule has 0 heterocycles. The summed E-state index contributed by atoms with van der Waals surface area (Å²) in [6.45, 7) is 0. The lowest BCUT2D eigenvalue weighted by molar-refractivity contribution is -0.136. The van der Waals surface area contributed by atoms with Crippen molar-refractivity contribution in [2.75, 3.05) is 0 Å². The molecule has 1 atom stereocenters. The van der Waals surface area contributed by atoms with Gasteiger partial charge in [0.05, 0.1) is 11.3 Å². The fourth-order valence-corrected chi connectivity index (χ4v) is 1.39. The molecular formula is C8H8O4S. The summed E-state index contributed by atoms with van der Waals surface area (Å²) >= 11 is -2.05. The summed E-state index contributed by atoms with van der Waals surface area (Å²) in [4.78, 5) is 10.5. The van der Waals surface area contributed by atoms with Gasteiger partial charge in [0.1, 0.15) is 0 Å². The van der Waals surface area contributed by atoms with Gasteiger partial charge in [-0.2, -0.15) is 0 Å². The van der Waals surface area contributed by atoms with Gasteiger partial charge in [-0.3, -0.25) is 4.79 Å². The number of aliphatic carboxylic acids is 1. The van der Waals surface area contributed by atoms with Gasteiger partial charge in [-0.15, -0.1) is 0 Å². The van der Waals surface area contributed by atoms with E-state index in [2.05, 4.69) is 0 Å². The van der Waals surface area contributed by atoms with E-state index in [9.17, 15) is 9.00 Å². The predicted molar refractivity (Wildman–Crippen MR) is 46.8 cm³/mol. The van der Waals surface area contributed by atoms with Crippen LogP contribution in [0.3, 0.4) is 0 Å². The number of carboxylic acid groups (broad SMARTS) is 1. The highest BCUT2D eigenvalue weighted by Crippen LogP contribution is 2.08. The molecule has 0 fully saturated rings. The van der Waals surface area contributed by atoms with Gasteiger partial charge in [0, 0.05) is 0 Å². The summed E-state index contributed by atoms with van der Waals surface area (Å²) in [5.74, 6) is -0.958. The van der Waals surface area contributed by atoms with E-state index < -0.39 is 17.0 Å². The maximum absolute atomic E-state index is 10.6. The number of rotatable bonds is 3. The summed E-state index contributed by atoms with van der Waals surface area (Å²) < 4.78 is 19.3. The molecule has 1 rings (SSSR count). The zero-order valence-electron chi connectivity index (χ0n) is 6.64. The first-order valence-corrected chi connectivity index (χ1v) is 4.62. The minimum Gasteiger partial charge on any atom is -0.481 e. The van der Waals surface area contributed by atoms with Crippen molar-refractivity contribution in [1.29, 1.82) is 0 Å². The van der Waals surface area contributed by atoms with Gasteiger partial charge in [-0.1, -0.05) is 12.1 Å². The van der Waals surface area contributed by atoms with Gasteiger partial charge >= 0.3 is 5.97 Å². The molecule has 1 aromatic rings. The molecule has 0 radical (unpaired) electrons. The van der Waals surface area contributed by atoms with Crippen molar-refractivity contribution in [3.8, 4) is 0 Å². The van der Waals surface area contributed by atoms with E-state index in [-0.39, 0.29) is 11.3 Å². The van der Waals surface area contributed by atoms with Crippen molar-refractivity contribution in [3.63, 3.8) is 0 Å². The first-order valence-electron chi connectivity index (χ1n) is 3.51. The van der Waals surface area contributed by atoms with Crippen LogP contribution in [0, 0.1) is 0 Å². The Hall–Kier alpha value is -1.20. The highest BCUT2D eigenvalue weighted by molar-refractivity contribution is 7.79. The van der Waals surface area contributed by atoms with Crippen molar-refractivity contribution in [3.05, 3.63) is 29.8 Å². The lowest BCUT2D eigenvalue weighted by Crippen LogP contribution is -2.00. The topological polar surface area (TPSA) is 74.6 Å². The molecule has 0 aromatic heterocycles. The molecule has 1 aromatic carbocycles. The largest absolute Gasteiger partial charge is 0.481 e. The Labute approximate surface area is 77.5 Å². The number of carboxylic acids is 1. The highest BCUT2D eigenvalue weighted by atomic mass is 32.2. The lowest BCUT2D eigenvalue weighted by atomic mass is 10.2. The third-order valence-electron chi connectivity index (χ3n) is 1.46. The Morgan fingerprint density at radius 2 is 2.15 bits per heavy atom. The van der Waals surface area contributed by atoms with Crippen LogP contribution in [0.5, 0.6) is 0 Å². The number of hydrogen-bond acceptors (Lipinski definition) is 2. The van der Waals surface area contributed by atoms with Crippen molar-refractivity contribution >= 4 is 17.0 Å². The zero-order valence-corrected chi connectivity index (χ0v) is 7.45. The predicted octanol–water partition coefficient (Wildman–Crippen LogP) is 0.894. The molecule has 13 heavy (non-hydrogen) atoms. The molecule has 0 aliphatic carbocycles. The van der Waals surface area contributed by atoms with Gasteiger partial charge in [-0.05, 0) is 17.7 Å². The summed E-state index contributed by atoms with van der Waals surface area (Å²) in [5, 5.41) is 8.46. The first-order chi connectivity index (χ1) is 6.09. The van der Waals surface area contributed by atoms with E-state index in [0.717, 1.165) is 0 Å². The Morgan fingerprint density at radius 3 is 2.69 bits per heavy atom. The number of carbonyl (C=O) groups is 1. The van der Waals surface area contributed by atoms with Crippen LogP contribution in [0.2, 0.25) is 0 Å². The Kier molecular flexibility index (Phi) is 3.16. The third-order valence-corrected chi connectivity index (χ3v) is 2.11. The molecule has 0 amide bonds. The van der Waals surface area contributed by atoms with Crippen molar-refractivity contribution in [2.24, 2.45) is 0 Å². The second-order valence-corrected chi connectivity index (χ2v) is 3.44. The Balaban J connectivity index is 2.91. The molecule has 4 nitrogen and oxygen atoms in total. The molecule has 70 valence electrons. The average Bonchev–Trinajstić information content (AvgIpc) is 2.03. The maximum atomic E-state index is 10.6. The fourth-order valence-electron chi connectivity index (χ4n) is 0.939. The third kappa shape index (κ3) is 2.96. The average molecular weight is 200 g/mol. The molecule has 0 saturated carbocycles. The van der Waals surface area contributed by atoms with E-state index in [1.807, 2.05) is 0 Å². The van der Waals surface area contributed by atoms with Crippen molar-refractivity contribution < 1.29 is 18.7 Å². The van der Waals surface area contributed by atoms with Crippen LogP contribution >= 0.6 is 0 Å². The van der Waals surface area contributed by atoms with E-state index >= 15 is 0 Å². The maximum Gasteiger partial charge on any atom is 0.307 e. The molecule has 0 spiro atoms. The van der Waals surface area contributed by atoms with Gasteiger partial charge in [0.2, 0.25) is 0 Å². The highest BCUT2D eigenvalue weighted by Gasteiger charge is 2.03. The van der Waals surface area contributed by atoms with E-state index in [4.69, 9.17) is 9.66 Å². The van der Waals surface area contributed by atoms with Crippen molar-refractivity contribution in [1.82, 2.24) is 0 Å². The van der Waals surface area contributed by atoms with Gasteiger partial charge < -0.3 is 9.66 Å². The summed E-state index contributed by atoms with van der Waals surface area (Å²) in [6.07, 6.45) is -0.134. The SMILES string of the molecule is O=C(O)Cc1cccc(S(=O)O)c1. The monoisotopic (exact) mass is 200 g/mol. The molecule has 0 saturated heterocycles. The van der Waals surface area contributed by atoms with Crippen LogP contribution in [-0.4, -0.2) is 19.8 Å². The van der Waals surface area contributed by atoms with Crippen LogP contribution in [0.25, 0.3) is 0 Å². The standard InChI is InChI=1S/C8H8O4S/c9-8(10)5-6-2-1-3-7(4-6)13(11)12/h1-4H,5H2,(H,9,10)(H,11,12). The number of hydrogen-bond donors (Lipinski definition) is 2. The second kappa shape index (κ2) is 4.15. The summed E-state index contributed by atoms with van der Waals surface area (Å²) in [7, 11) is 0.